The third-order valence-electron chi connectivity index (χ3n) is 2.94. The monoisotopic (exact) mass is 257 g/mol. The molecule has 0 saturated carbocycles. The van der Waals surface area contributed by atoms with E-state index in [4.69, 9.17) is 0 Å². The fraction of sp³-hybridized carbons (Fsp3) is 0.250. The lowest BCUT2D eigenvalue weighted by atomic mass is 10.1. The molecule has 18 heavy (non-hydrogen) atoms. The van der Waals surface area contributed by atoms with Gasteiger partial charge in [-0.15, -0.1) is 11.3 Å². The molecule has 0 fully saturated rings. The second-order valence-corrected chi connectivity index (χ2v) is 4.92. The van der Waals surface area contributed by atoms with Crippen molar-refractivity contribution in [2.75, 3.05) is 18.5 Å². The number of nitrogens with one attached hydrogen (secondary N) is 1. The van der Waals surface area contributed by atoms with Crippen LogP contribution in [-0.4, -0.2) is 29.4 Å². The van der Waals surface area contributed by atoms with Crippen LogP contribution >= 0.6 is 11.3 Å². The van der Waals surface area contributed by atoms with Gasteiger partial charge in [0, 0.05) is 5.56 Å². The zero-order valence-corrected chi connectivity index (χ0v) is 10.7. The lowest BCUT2D eigenvalue weighted by Gasteiger charge is -2.18. The molecule has 1 N–H and O–H groups in total. The molecule has 90 valence electrons. The van der Waals surface area contributed by atoms with Crippen LogP contribution in [0.15, 0.2) is 16.6 Å². The van der Waals surface area contributed by atoms with E-state index in [1.807, 2.05) is 18.0 Å². The van der Waals surface area contributed by atoms with Crippen LogP contribution in [-0.2, 0) is 0 Å². The Labute approximate surface area is 108 Å². The van der Waals surface area contributed by atoms with Crippen molar-refractivity contribution in [3.63, 3.8) is 0 Å². The highest BCUT2D eigenvalue weighted by molar-refractivity contribution is 7.17. The summed E-state index contributed by atoms with van der Waals surface area (Å²) in [4.78, 5) is 8.48. The molecule has 2 heterocycles. The van der Waals surface area contributed by atoms with E-state index in [9.17, 15) is 5.26 Å². The molecule has 3 rings (SSSR count). The van der Waals surface area contributed by atoms with Gasteiger partial charge >= 0.3 is 0 Å². The van der Waals surface area contributed by atoms with Crippen molar-refractivity contribution in [3.05, 3.63) is 22.7 Å². The Morgan fingerprint density at radius 3 is 3.17 bits per heavy atom. The molecule has 0 unspecified atom stereocenters. The summed E-state index contributed by atoms with van der Waals surface area (Å²) in [5, 5.41) is 11.1. The lowest BCUT2D eigenvalue weighted by molar-refractivity contribution is 0.557. The predicted octanol–water partition coefficient (Wildman–Crippen LogP) is 2.15. The summed E-state index contributed by atoms with van der Waals surface area (Å²) in [7, 11) is 0. The molecule has 2 aromatic rings. The third kappa shape index (κ3) is 1.69. The zero-order valence-electron chi connectivity index (χ0n) is 9.84. The zero-order chi connectivity index (χ0) is 12.5. The molecule has 0 amide bonds. The van der Waals surface area contributed by atoms with Crippen LogP contribution in [0.3, 0.4) is 0 Å². The number of nitrogens with zero attached hydrogens (tertiary/aromatic N) is 4. The maximum atomic E-state index is 9.19. The van der Waals surface area contributed by atoms with Crippen LogP contribution in [0.5, 0.6) is 0 Å². The van der Waals surface area contributed by atoms with Gasteiger partial charge in [-0.25, -0.2) is 4.98 Å². The molecule has 1 aliphatic rings. The number of hydrogen-bond donors (Lipinski definition) is 1. The minimum Gasteiger partial charge on any atom is -0.297 e. The molecular formula is C12H11N5S. The van der Waals surface area contributed by atoms with Gasteiger partial charge in [-0.2, -0.15) is 5.26 Å². The lowest BCUT2D eigenvalue weighted by Crippen LogP contribution is -2.26. The standard InChI is InChI=1S/C12H11N5S/c1-8-10(16-17-3-2-14-6-17)4-9(5-13)12-11(8)15-7-18-12/h4,6-7,16H,2-3H2,1H3. The first kappa shape index (κ1) is 11.0. The number of aryl methyl sites for hydroxylation is 1. The summed E-state index contributed by atoms with van der Waals surface area (Å²) in [6.45, 7) is 3.66. The van der Waals surface area contributed by atoms with Gasteiger partial charge < -0.3 is 0 Å². The van der Waals surface area contributed by atoms with Gasteiger partial charge in [0.15, 0.2) is 0 Å². The largest absolute Gasteiger partial charge is 0.297 e. The number of thiazole rings is 1. The van der Waals surface area contributed by atoms with Crippen molar-refractivity contribution in [3.8, 4) is 6.07 Å². The number of rotatable bonds is 2. The van der Waals surface area contributed by atoms with E-state index in [0.717, 1.165) is 34.6 Å². The van der Waals surface area contributed by atoms with Gasteiger partial charge in [0.25, 0.3) is 0 Å². The molecule has 1 aromatic carbocycles. The van der Waals surface area contributed by atoms with Gasteiger partial charge in [0.05, 0.1) is 40.1 Å². The summed E-state index contributed by atoms with van der Waals surface area (Å²) in [6, 6.07) is 4.10. The van der Waals surface area contributed by atoms with Gasteiger partial charge in [-0.3, -0.25) is 15.4 Å². The molecule has 0 radical (unpaired) electrons. The van der Waals surface area contributed by atoms with Crippen LogP contribution < -0.4 is 5.43 Å². The van der Waals surface area contributed by atoms with Crippen LogP contribution in [0.2, 0.25) is 0 Å². The van der Waals surface area contributed by atoms with E-state index in [2.05, 4.69) is 21.5 Å². The number of benzene rings is 1. The Bertz CT molecular complexity index is 667. The first-order chi connectivity index (χ1) is 8.79. The summed E-state index contributed by atoms with van der Waals surface area (Å²) >= 11 is 1.50. The van der Waals surface area contributed by atoms with E-state index in [-0.39, 0.29) is 0 Å². The van der Waals surface area contributed by atoms with Crippen LogP contribution in [0, 0.1) is 18.3 Å². The summed E-state index contributed by atoms with van der Waals surface area (Å²) in [5.74, 6) is 0. The number of hydrazine groups is 1. The van der Waals surface area contributed by atoms with Crippen LogP contribution in [0.1, 0.15) is 11.1 Å². The fourth-order valence-electron chi connectivity index (χ4n) is 1.97. The van der Waals surface area contributed by atoms with E-state index in [0.29, 0.717) is 5.56 Å². The molecule has 0 aliphatic carbocycles. The summed E-state index contributed by atoms with van der Waals surface area (Å²) in [6.07, 6.45) is 1.77. The van der Waals surface area contributed by atoms with Gasteiger partial charge in [0.1, 0.15) is 12.4 Å². The third-order valence-corrected chi connectivity index (χ3v) is 3.80. The maximum Gasteiger partial charge on any atom is 0.104 e. The number of anilines is 1. The number of fused-ring (bicyclic) bond motifs is 1. The number of hydrogen-bond acceptors (Lipinski definition) is 6. The van der Waals surface area contributed by atoms with Gasteiger partial charge in [-0.05, 0) is 13.0 Å². The molecule has 5 nitrogen and oxygen atoms in total. The average Bonchev–Trinajstić information content (AvgIpc) is 3.03. The van der Waals surface area contributed by atoms with E-state index in [1.165, 1.54) is 11.3 Å². The highest BCUT2D eigenvalue weighted by Gasteiger charge is 2.13. The van der Waals surface area contributed by atoms with Crippen molar-refractivity contribution < 1.29 is 0 Å². The highest BCUT2D eigenvalue weighted by atomic mass is 32.1. The Kier molecular flexibility index (Phi) is 2.61. The fourth-order valence-corrected chi connectivity index (χ4v) is 2.78. The Morgan fingerprint density at radius 2 is 2.44 bits per heavy atom. The average molecular weight is 257 g/mol. The van der Waals surface area contributed by atoms with E-state index >= 15 is 0 Å². The Hall–Kier alpha value is -2.13. The quantitative estimate of drug-likeness (QED) is 0.895. The van der Waals surface area contributed by atoms with Crippen molar-refractivity contribution in [2.45, 2.75) is 6.92 Å². The second-order valence-electron chi connectivity index (χ2n) is 4.07. The van der Waals surface area contributed by atoms with Crippen LogP contribution in [0.25, 0.3) is 10.2 Å². The molecule has 0 spiro atoms. The second kappa shape index (κ2) is 4.27. The number of aliphatic imine (C=N–C) groups is 1. The summed E-state index contributed by atoms with van der Waals surface area (Å²) < 4.78 is 0.954. The SMILES string of the molecule is Cc1c(NN2C=NCC2)cc(C#N)c2scnc12. The first-order valence-corrected chi connectivity index (χ1v) is 6.47. The van der Waals surface area contributed by atoms with Gasteiger partial charge in [0.2, 0.25) is 0 Å². The van der Waals surface area contributed by atoms with E-state index < -0.39 is 0 Å². The molecule has 0 saturated heterocycles. The van der Waals surface area contributed by atoms with Gasteiger partial charge in [-0.1, -0.05) is 0 Å². The normalized spacial score (nSPS) is 14.1. The molecule has 6 heteroatoms. The van der Waals surface area contributed by atoms with Crippen LogP contribution in [0.4, 0.5) is 5.69 Å². The number of nitriles is 1. The molecule has 1 aliphatic heterocycles. The molecular weight excluding hydrogens is 246 g/mol. The van der Waals surface area contributed by atoms with Crippen molar-refractivity contribution >= 4 is 33.6 Å². The van der Waals surface area contributed by atoms with Crippen molar-refractivity contribution in [1.82, 2.24) is 9.99 Å². The van der Waals surface area contributed by atoms with Crippen molar-refractivity contribution in [1.29, 1.82) is 5.26 Å². The predicted molar refractivity (Wildman–Crippen MR) is 72.8 cm³/mol. The topological polar surface area (TPSA) is 64.3 Å². The first-order valence-electron chi connectivity index (χ1n) is 5.60. The molecule has 1 aromatic heterocycles. The van der Waals surface area contributed by atoms with E-state index in [1.54, 1.807) is 11.8 Å². The maximum absolute atomic E-state index is 9.19. The Morgan fingerprint density at radius 1 is 1.56 bits per heavy atom. The highest BCUT2D eigenvalue weighted by Crippen LogP contribution is 2.30. The Balaban J connectivity index is 2.08. The number of aromatic nitrogens is 1. The molecule has 0 atom stereocenters. The van der Waals surface area contributed by atoms with Crippen molar-refractivity contribution in [2.24, 2.45) is 4.99 Å². The minimum atomic E-state index is 0.664. The minimum absolute atomic E-state index is 0.664. The smallest absolute Gasteiger partial charge is 0.104 e. The molecule has 0 bridgehead atoms. The summed E-state index contributed by atoms with van der Waals surface area (Å²) in [5.41, 5.74) is 8.58.